The number of rotatable bonds is 6. The van der Waals surface area contributed by atoms with E-state index in [2.05, 4.69) is 25.4 Å². The lowest BCUT2D eigenvalue weighted by atomic mass is 10.1. The molecule has 21 heavy (non-hydrogen) atoms. The molecule has 4 N–H and O–H groups in total. The maximum Gasteiger partial charge on any atom is 0.239 e. The van der Waals surface area contributed by atoms with Crippen LogP contribution in [0.2, 0.25) is 0 Å². The van der Waals surface area contributed by atoms with Crippen molar-refractivity contribution in [2.24, 2.45) is 5.92 Å². The zero-order valence-electron chi connectivity index (χ0n) is 12.3. The highest BCUT2D eigenvalue weighted by Crippen LogP contribution is 2.30. The number of hydrogen-bond donors (Lipinski definition) is 3. The van der Waals surface area contributed by atoms with Crippen molar-refractivity contribution in [3.63, 3.8) is 0 Å². The Bertz CT molecular complexity index is 484. The van der Waals surface area contributed by atoms with E-state index in [0.29, 0.717) is 24.3 Å². The standard InChI is InChI=1S/C14H24N6O/c15-14-17-12(18-19-14)5-7-16-11-3-4-13(21)20(8-6-11)9-10-1-2-10/h10-11,16H,1-9H2,(H3,15,17,18,19)/t11-/m1/s1. The van der Waals surface area contributed by atoms with Gasteiger partial charge in [0.2, 0.25) is 11.9 Å². The monoisotopic (exact) mass is 292 g/mol. The number of aromatic amines is 1. The van der Waals surface area contributed by atoms with Gasteiger partial charge in [0.1, 0.15) is 5.82 Å². The van der Waals surface area contributed by atoms with E-state index in [1.807, 2.05) is 0 Å². The minimum Gasteiger partial charge on any atom is -0.367 e. The second-order valence-corrected chi connectivity index (χ2v) is 6.15. The van der Waals surface area contributed by atoms with Crippen LogP contribution in [0.3, 0.4) is 0 Å². The first-order valence-corrected chi connectivity index (χ1v) is 7.88. The molecule has 1 saturated carbocycles. The summed E-state index contributed by atoms with van der Waals surface area (Å²) in [6.45, 7) is 2.70. The second-order valence-electron chi connectivity index (χ2n) is 6.15. The normalized spacial score (nSPS) is 23.3. The van der Waals surface area contributed by atoms with Crippen LogP contribution in [0.25, 0.3) is 0 Å². The van der Waals surface area contributed by atoms with Gasteiger partial charge in [0, 0.05) is 38.5 Å². The van der Waals surface area contributed by atoms with Crippen LogP contribution in [0.5, 0.6) is 0 Å². The van der Waals surface area contributed by atoms with Gasteiger partial charge < -0.3 is 16.0 Å². The summed E-state index contributed by atoms with van der Waals surface area (Å²) in [6.07, 6.45) is 6.01. The Balaban J connectivity index is 1.40. The van der Waals surface area contributed by atoms with Gasteiger partial charge in [-0.05, 0) is 31.6 Å². The smallest absolute Gasteiger partial charge is 0.239 e. The molecular weight excluding hydrogens is 268 g/mol. The average molecular weight is 292 g/mol. The third-order valence-corrected chi connectivity index (χ3v) is 4.33. The van der Waals surface area contributed by atoms with E-state index in [1.54, 1.807) is 0 Å². The number of nitrogens with two attached hydrogens (primary N) is 1. The van der Waals surface area contributed by atoms with E-state index >= 15 is 0 Å². The topological polar surface area (TPSA) is 99.9 Å². The predicted octanol–water partition coefficient (Wildman–Crippen LogP) is 0.310. The van der Waals surface area contributed by atoms with Crippen molar-refractivity contribution in [1.29, 1.82) is 0 Å². The van der Waals surface area contributed by atoms with Crippen molar-refractivity contribution in [2.75, 3.05) is 25.4 Å². The van der Waals surface area contributed by atoms with Crippen molar-refractivity contribution < 1.29 is 4.79 Å². The molecule has 1 aromatic heterocycles. The summed E-state index contributed by atoms with van der Waals surface area (Å²) < 4.78 is 0. The van der Waals surface area contributed by atoms with E-state index < -0.39 is 0 Å². The van der Waals surface area contributed by atoms with Crippen molar-refractivity contribution in [2.45, 2.75) is 44.6 Å². The van der Waals surface area contributed by atoms with Crippen LogP contribution in [-0.2, 0) is 11.2 Å². The summed E-state index contributed by atoms with van der Waals surface area (Å²) >= 11 is 0. The molecule has 1 aliphatic carbocycles. The summed E-state index contributed by atoms with van der Waals surface area (Å²) in [5, 5.41) is 10.1. The lowest BCUT2D eigenvalue weighted by Gasteiger charge is -2.20. The summed E-state index contributed by atoms with van der Waals surface area (Å²) in [7, 11) is 0. The van der Waals surface area contributed by atoms with Crippen LogP contribution < -0.4 is 11.1 Å². The molecular formula is C14H24N6O. The van der Waals surface area contributed by atoms with Crippen LogP contribution >= 0.6 is 0 Å². The first-order valence-electron chi connectivity index (χ1n) is 7.88. The van der Waals surface area contributed by atoms with E-state index in [0.717, 1.165) is 50.6 Å². The van der Waals surface area contributed by atoms with Gasteiger partial charge in [-0.15, -0.1) is 5.10 Å². The maximum absolute atomic E-state index is 12.1. The zero-order chi connectivity index (χ0) is 14.7. The largest absolute Gasteiger partial charge is 0.367 e. The molecule has 7 heteroatoms. The number of anilines is 1. The SMILES string of the molecule is Nc1n[nH]c(CCN[C@@H]2CCC(=O)N(CC3CC3)CC2)n1. The van der Waals surface area contributed by atoms with Crippen LogP contribution in [0.4, 0.5) is 5.95 Å². The molecule has 1 saturated heterocycles. The Labute approximate surface area is 124 Å². The molecule has 0 bridgehead atoms. The summed E-state index contributed by atoms with van der Waals surface area (Å²) in [4.78, 5) is 18.2. The van der Waals surface area contributed by atoms with Gasteiger partial charge in [0.25, 0.3) is 0 Å². The van der Waals surface area contributed by atoms with Gasteiger partial charge in [0.05, 0.1) is 0 Å². The van der Waals surface area contributed by atoms with Gasteiger partial charge in [-0.3, -0.25) is 9.89 Å². The molecule has 116 valence electrons. The Morgan fingerprint density at radius 3 is 2.90 bits per heavy atom. The molecule has 2 fully saturated rings. The molecule has 0 aromatic carbocycles. The number of H-pyrrole nitrogens is 1. The Kier molecular flexibility index (Phi) is 4.38. The number of aromatic nitrogens is 3. The Morgan fingerprint density at radius 2 is 2.19 bits per heavy atom. The Morgan fingerprint density at radius 1 is 1.33 bits per heavy atom. The highest BCUT2D eigenvalue weighted by Gasteiger charge is 2.28. The number of nitrogens with one attached hydrogen (secondary N) is 2. The zero-order valence-corrected chi connectivity index (χ0v) is 12.3. The minimum atomic E-state index is 0.292. The second kappa shape index (κ2) is 6.43. The first-order chi connectivity index (χ1) is 10.2. The molecule has 2 aliphatic rings. The molecule has 1 aromatic rings. The van der Waals surface area contributed by atoms with E-state index in [1.165, 1.54) is 12.8 Å². The summed E-state index contributed by atoms with van der Waals surface area (Å²) in [6, 6.07) is 0.415. The summed E-state index contributed by atoms with van der Waals surface area (Å²) in [5.74, 6) is 2.20. The maximum atomic E-state index is 12.1. The summed E-state index contributed by atoms with van der Waals surface area (Å²) in [5.41, 5.74) is 5.47. The fourth-order valence-corrected chi connectivity index (χ4v) is 2.86. The highest BCUT2D eigenvalue weighted by atomic mass is 16.2. The van der Waals surface area contributed by atoms with Crippen LogP contribution in [0, 0.1) is 5.92 Å². The molecule has 7 nitrogen and oxygen atoms in total. The number of nitrogens with zero attached hydrogens (tertiary/aromatic N) is 3. The number of carbonyl (C=O) groups excluding carboxylic acids is 1. The lowest BCUT2D eigenvalue weighted by molar-refractivity contribution is -0.130. The van der Waals surface area contributed by atoms with Crippen molar-refractivity contribution in [3.8, 4) is 0 Å². The van der Waals surface area contributed by atoms with Crippen molar-refractivity contribution in [3.05, 3.63) is 5.82 Å². The Hall–Kier alpha value is -1.63. The van der Waals surface area contributed by atoms with E-state index in [4.69, 9.17) is 5.73 Å². The molecule has 3 rings (SSSR count). The molecule has 1 amide bonds. The third kappa shape index (κ3) is 4.17. The van der Waals surface area contributed by atoms with Crippen molar-refractivity contribution in [1.82, 2.24) is 25.4 Å². The molecule has 1 aliphatic heterocycles. The van der Waals surface area contributed by atoms with Crippen LogP contribution in [-0.4, -0.2) is 51.7 Å². The molecule has 0 unspecified atom stereocenters. The fraction of sp³-hybridized carbons (Fsp3) is 0.786. The number of amides is 1. The number of likely N-dealkylation sites (tertiary alicyclic amines) is 1. The predicted molar refractivity (Wildman–Crippen MR) is 79.4 cm³/mol. The van der Waals surface area contributed by atoms with E-state index in [-0.39, 0.29) is 0 Å². The molecule has 1 atom stereocenters. The van der Waals surface area contributed by atoms with Gasteiger partial charge in [-0.1, -0.05) is 0 Å². The fourth-order valence-electron chi connectivity index (χ4n) is 2.86. The number of nitrogen functional groups attached to an aromatic ring is 1. The third-order valence-electron chi connectivity index (χ3n) is 4.33. The van der Waals surface area contributed by atoms with Gasteiger partial charge in [-0.2, -0.15) is 4.98 Å². The van der Waals surface area contributed by atoms with E-state index in [9.17, 15) is 4.79 Å². The number of hydrogen-bond acceptors (Lipinski definition) is 5. The first kappa shape index (κ1) is 14.3. The van der Waals surface area contributed by atoms with Gasteiger partial charge in [-0.25, -0.2) is 0 Å². The lowest BCUT2D eigenvalue weighted by Crippen LogP contribution is -2.34. The molecule has 0 spiro atoms. The van der Waals surface area contributed by atoms with Crippen LogP contribution in [0.15, 0.2) is 0 Å². The minimum absolute atomic E-state index is 0.292. The van der Waals surface area contributed by atoms with Gasteiger partial charge in [0.15, 0.2) is 0 Å². The quantitative estimate of drug-likeness (QED) is 0.700. The average Bonchev–Trinajstić information content (AvgIpc) is 3.22. The van der Waals surface area contributed by atoms with Gasteiger partial charge >= 0.3 is 0 Å². The molecule has 2 heterocycles. The molecule has 0 radical (unpaired) electrons. The highest BCUT2D eigenvalue weighted by molar-refractivity contribution is 5.76. The van der Waals surface area contributed by atoms with Crippen molar-refractivity contribution >= 4 is 11.9 Å². The number of carbonyl (C=O) groups is 1. The van der Waals surface area contributed by atoms with Crippen LogP contribution in [0.1, 0.15) is 37.9 Å².